The fraction of sp³-hybridized carbons (Fsp3) is 0.714. The van der Waals surface area contributed by atoms with Gasteiger partial charge in [-0.1, -0.05) is 38.8 Å². The van der Waals surface area contributed by atoms with Crippen LogP contribution in [0.4, 0.5) is 0 Å². The molecule has 5 heteroatoms. The zero-order valence-electron chi connectivity index (χ0n) is 11.8. The lowest BCUT2D eigenvalue weighted by molar-refractivity contribution is 0.0829. The van der Waals surface area contributed by atoms with E-state index in [9.17, 15) is 9.90 Å². The Labute approximate surface area is 113 Å². The molecule has 1 saturated carbocycles. The summed E-state index contributed by atoms with van der Waals surface area (Å²) in [6, 6.07) is 1.68. The molecule has 106 valence electrons. The fourth-order valence-electron chi connectivity index (χ4n) is 2.41. The van der Waals surface area contributed by atoms with Gasteiger partial charge in [-0.3, -0.25) is 4.79 Å². The van der Waals surface area contributed by atoms with Crippen molar-refractivity contribution in [3.8, 4) is 0 Å². The molecular weight excluding hydrogens is 244 g/mol. The van der Waals surface area contributed by atoms with Gasteiger partial charge in [-0.05, 0) is 12.8 Å². The minimum absolute atomic E-state index is 0.0251. The van der Waals surface area contributed by atoms with Gasteiger partial charge < -0.3 is 14.9 Å². The highest BCUT2D eigenvalue weighted by Gasteiger charge is 2.35. The van der Waals surface area contributed by atoms with E-state index in [1.54, 1.807) is 6.07 Å². The number of carbonyl (C=O) groups excluding carboxylic acids is 1. The number of aliphatic hydroxyl groups excluding tert-OH is 1. The summed E-state index contributed by atoms with van der Waals surface area (Å²) in [5.74, 6) is 0.414. The van der Waals surface area contributed by atoms with Crippen molar-refractivity contribution in [2.75, 3.05) is 6.61 Å². The van der Waals surface area contributed by atoms with Gasteiger partial charge >= 0.3 is 0 Å². The second-order valence-electron chi connectivity index (χ2n) is 6.43. The first kappa shape index (κ1) is 14.1. The van der Waals surface area contributed by atoms with Crippen molar-refractivity contribution >= 4 is 5.91 Å². The molecule has 0 aromatic carbocycles. The van der Waals surface area contributed by atoms with Crippen LogP contribution in [0, 0.1) is 0 Å². The average Bonchev–Trinajstić information content (AvgIpc) is 2.97. The van der Waals surface area contributed by atoms with E-state index in [-0.39, 0.29) is 23.6 Å². The topological polar surface area (TPSA) is 75.4 Å². The van der Waals surface area contributed by atoms with Crippen LogP contribution in [0.15, 0.2) is 10.6 Å². The van der Waals surface area contributed by atoms with Crippen molar-refractivity contribution in [3.05, 3.63) is 17.5 Å². The summed E-state index contributed by atoms with van der Waals surface area (Å²) in [5, 5.41) is 16.2. The van der Waals surface area contributed by atoms with E-state index in [1.807, 2.05) is 20.8 Å². The van der Waals surface area contributed by atoms with Gasteiger partial charge in [-0.25, -0.2) is 0 Å². The quantitative estimate of drug-likeness (QED) is 0.877. The van der Waals surface area contributed by atoms with Crippen molar-refractivity contribution in [2.24, 2.45) is 0 Å². The number of carbonyl (C=O) groups is 1. The Bertz CT molecular complexity index is 454. The lowest BCUT2D eigenvalue weighted by Crippen LogP contribution is -2.49. The largest absolute Gasteiger partial charge is 0.394 e. The molecule has 1 aromatic rings. The zero-order chi connectivity index (χ0) is 14.1. The molecule has 0 bridgehead atoms. The van der Waals surface area contributed by atoms with Crippen molar-refractivity contribution < 1.29 is 14.4 Å². The standard InChI is InChI=1S/C14H22N2O3/c1-13(2,3)11-8-10(16-19-11)12(18)15-14(9-17)6-4-5-7-14/h8,17H,4-7,9H2,1-3H3,(H,15,18). The van der Waals surface area contributed by atoms with E-state index in [0.29, 0.717) is 5.76 Å². The first-order valence-electron chi connectivity index (χ1n) is 6.77. The van der Waals surface area contributed by atoms with Crippen LogP contribution in [-0.4, -0.2) is 28.3 Å². The number of amides is 1. The molecule has 1 aliphatic rings. The van der Waals surface area contributed by atoms with Crippen LogP contribution < -0.4 is 5.32 Å². The van der Waals surface area contributed by atoms with Gasteiger partial charge in [0.15, 0.2) is 5.69 Å². The van der Waals surface area contributed by atoms with Gasteiger partial charge in [0.1, 0.15) is 5.76 Å². The van der Waals surface area contributed by atoms with Gasteiger partial charge in [0.05, 0.1) is 12.1 Å². The van der Waals surface area contributed by atoms with Crippen LogP contribution >= 0.6 is 0 Å². The average molecular weight is 266 g/mol. The third-order valence-electron chi connectivity index (χ3n) is 3.72. The van der Waals surface area contributed by atoms with Crippen LogP contribution in [0.25, 0.3) is 0 Å². The van der Waals surface area contributed by atoms with Gasteiger partial charge in [-0.15, -0.1) is 0 Å². The first-order valence-corrected chi connectivity index (χ1v) is 6.77. The molecule has 0 aliphatic heterocycles. The van der Waals surface area contributed by atoms with Crippen LogP contribution in [0.5, 0.6) is 0 Å². The Balaban J connectivity index is 2.10. The summed E-state index contributed by atoms with van der Waals surface area (Å²) in [4.78, 5) is 12.2. The highest BCUT2D eigenvalue weighted by atomic mass is 16.5. The predicted octanol–water partition coefficient (Wildman–Crippen LogP) is 2.01. The van der Waals surface area contributed by atoms with Crippen molar-refractivity contribution in [2.45, 2.75) is 57.4 Å². The van der Waals surface area contributed by atoms with Crippen LogP contribution in [0.1, 0.15) is 62.7 Å². The van der Waals surface area contributed by atoms with Gasteiger partial charge in [0.2, 0.25) is 0 Å². The van der Waals surface area contributed by atoms with E-state index < -0.39 is 5.54 Å². The normalized spacial score (nSPS) is 18.5. The van der Waals surface area contributed by atoms with E-state index in [0.717, 1.165) is 25.7 Å². The molecule has 1 fully saturated rings. The minimum atomic E-state index is -0.474. The van der Waals surface area contributed by atoms with Gasteiger partial charge in [0.25, 0.3) is 5.91 Å². The van der Waals surface area contributed by atoms with E-state index in [2.05, 4.69) is 10.5 Å². The summed E-state index contributed by atoms with van der Waals surface area (Å²) >= 11 is 0. The summed E-state index contributed by atoms with van der Waals surface area (Å²) < 4.78 is 5.21. The second-order valence-corrected chi connectivity index (χ2v) is 6.43. The van der Waals surface area contributed by atoms with Gasteiger partial charge in [0, 0.05) is 11.5 Å². The maximum atomic E-state index is 12.2. The molecule has 1 aliphatic carbocycles. The highest BCUT2D eigenvalue weighted by Crippen LogP contribution is 2.29. The second kappa shape index (κ2) is 4.96. The lowest BCUT2D eigenvalue weighted by atomic mass is 9.93. The van der Waals surface area contributed by atoms with Crippen LogP contribution in [0.2, 0.25) is 0 Å². The van der Waals surface area contributed by atoms with E-state index in [4.69, 9.17) is 4.52 Å². The monoisotopic (exact) mass is 266 g/mol. The molecule has 0 radical (unpaired) electrons. The molecule has 2 rings (SSSR count). The van der Waals surface area contributed by atoms with E-state index in [1.165, 1.54) is 0 Å². The number of aromatic nitrogens is 1. The Kier molecular flexibility index (Phi) is 3.67. The molecule has 1 amide bonds. The summed E-state index contributed by atoms with van der Waals surface area (Å²) in [6.45, 7) is 5.98. The fourth-order valence-corrected chi connectivity index (χ4v) is 2.41. The molecule has 5 nitrogen and oxygen atoms in total. The Morgan fingerprint density at radius 1 is 1.47 bits per heavy atom. The maximum absolute atomic E-state index is 12.2. The molecule has 19 heavy (non-hydrogen) atoms. The molecule has 1 aromatic heterocycles. The molecule has 0 atom stereocenters. The molecule has 0 unspecified atom stereocenters. The summed E-state index contributed by atoms with van der Waals surface area (Å²) in [7, 11) is 0. The predicted molar refractivity (Wildman–Crippen MR) is 71.0 cm³/mol. The molecule has 2 N–H and O–H groups in total. The number of hydrogen-bond acceptors (Lipinski definition) is 4. The van der Waals surface area contributed by atoms with Crippen molar-refractivity contribution in [3.63, 3.8) is 0 Å². The summed E-state index contributed by atoms with van der Waals surface area (Å²) in [6.07, 6.45) is 3.71. The number of nitrogens with zero attached hydrogens (tertiary/aromatic N) is 1. The number of nitrogens with one attached hydrogen (secondary N) is 1. The van der Waals surface area contributed by atoms with Crippen LogP contribution in [0.3, 0.4) is 0 Å². The van der Waals surface area contributed by atoms with Crippen molar-refractivity contribution in [1.82, 2.24) is 10.5 Å². The maximum Gasteiger partial charge on any atom is 0.273 e. The molecule has 1 heterocycles. The highest BCUT2D eigenvalue weighted by molar-refractivity contribution is 5.92. The Morgan fingerprint density at radius 2 is 2.11 bits per heavy atom. The number of hydrogen-bond donors (Lipinski definition) is 2. The summed E-state index contributed by atoms with van der Waals surface area (Å²) in [5.41, 5.74) is -0.365. The smallest absolute Gasteiger partial charge is 0.273 e. The third kappa shape index (κ3) is 2.97. The first-order chi connectivity index (χ1) is 8.86. The Hall–Kier alpha value is -1.36. The zero-order valence-corrected chi connectivity index (χ0v) is 11.8. The van der Waals surface area contributed by atoms with Crippen molar-refractivity contribution in [1.29, 1.82) is 0 Å². The molecule has 0 spiro atoms. The molecular formula is C14H22N2O3. The molecule has 0 saturated heterocycles. The SMILES string of the molecule is CC(C)(C)c1cc(C(=O)NC2(CO)CCCC2)no1. The van der Waals surface area contributed by atoms with E-state index >= 15 is 0 Å². The lowest BCUT2D eigenvalue weighted by Gasteiger charge is -2.27. The van der Waals surface area contributed by atoms with Crippen LogP contribution in [-0.2, 0) is 5.41 Å². The number of rotatable bonds is 3. The minimum Gasteiger partial charge on any atom is -0.394 e. The van der Waals surface area contributed by atoms with Gasteiger partial charge in [-0.2, -0.15) is 0 Å². The Morgan fingerprint density at radius 3 is 2.58 bits per heavy atom. The number of aliphatic hydroxyl groups is 1. The third-order valence-corrected chi connectivity index (χ3v) is 3.72.